The molecule has 3 heterocycles. The number of aryl methyl sites for hydroxylation is 1. The number of hydrogen-bond donors (Lipinski definition) is 3. The van der Waals surface area contributed by atoms with Crippen LogP contribution >= 0.6 is 0 Å². The van der Waals surface area contributed by atoms with Crippen molar-refractivity contribution in [3.8, 4) is 11.4 Å². The van der Waals surface area contributed by atoms with Crippen molar-refractivity contribution in [1.82, 2.24) is 30.1 Å². The highest BCUT2D eigenvalue weighted by Gasteiger charge is 2.14. The maximum Gasteiger partial charge on any atom is 0.323 e. The zero-order valence-electron chi connectivity index (χ0n) is 13.8. The van der Waals surface area contributed by atoms with Gasteiger partial charge in [0.2, 0.25) is 11.7 Å². The van der Waals surface area contributed by atoms with E-state index in [0.29, 0.717) is 18.1 Å². The van der Waals surface area contributed by atoms with E-state index in [1.165, 1.54) is 0 Å². The van der Waals surface area contributed by atoms with Gasteiger partial charge >= 0.3 is 5.69 Å². The van der Waals surface area contributed by atoms with Crippen LogP contribution in [-0.2, 0) is 6.42 Å². The van der Waals surface area contributed by atoms with Crippen LogP contribution in [0, 0.1) is 6.92 Å². The molecule has 0 amide bonds. The molecule has 0 atom stereocenters. The van der Waals surface area contributed by atoms with Crippen LogP contribution < -0.4 is 5.69 Å². The lowest BCUT2D eigenvalue weighted by molar-refractivity contribution is 0.386. The second-order valence-electron chi connectivity index (χ2n) is 6.17. The van der Waals surface area contributed by atoms with E-state index in [-0.39, 0.29) is 5.69 Å². The van der Waals surface area contributed by atoms with Crippen LogP contribution in [0.4, 0.5) is 0 Å². The summed E-state index contributed by atoms with van der Waals surface area (Å²) in [6.07, 6.45) is 0.478. The van der Waals surface area contributed by atoms with Crippen molar-refractivity contribution in [1.29, 1.82) is 0 Å². The Labute approximate surface area is 146 Å². The lowest BCUT2D eigenvalue weighted by Gasteiger charge is -1.97. The average Bonchev–Trinajstić information content (AvgIpc) is 3.30. The maximum atomic E-state index is 11.4. The number of aromatic amines is 3. The van der Waals surface area contributed by atoms with Crippen molar-refractivity contribution >= 4 is 22.1 Å². The number of imidazole rings is 2. The number of rotatable bonds is 3. The van der Waals surface area contributed by atoms with Crippen molar-refractivity contribution in [2.75, 3.05) is 0 Å². The molecule has 3 N–H and O–H groups in total. The Balaban J connectivity index is 1.49. The van der Waals surface area contributed by atoms with Crippen LogP contribution in [0.5, 0.6) is 0 Å². The third-order valence-electron chi connectivity index (χ3n) is 4.28. The highest BCUT2D eigenvalue weighted by Crippen LogP contribution is 2.25. The number of para-hydroxylation sites is 1. The molecule has 0 spiro atoms. The molecule has 8 heteroatoms. The first kappa shape index (κ1) is 14.6. The van der Waals surface area contributed by atoms with Gasteiger partial charge in [-0.1, -0.05) is 17.3 Å². The molecule has 0 aliphatic carbocycles. The fourth-order valence-corrected chi connectivity index (χ4v) is 3.14. The molecular formula is C18H14N6O2. The number of aromatic nitrogens is 6. The molecule has 0 saturated carbocycles. The lowest BCUT2D eigenvalue weighted by atomic mass is 10.1. The highest BCUT2D eigenvalue weighted by molar-refractivity contribution is 5.89. The van der Waals surface area contributed by atoms with E-state index in [0.717, 1.165) is 39.0 Å². The Kier molecular flexibility index (Phi) is 3.05. The van der Waals surface area contributed by atoms with E-state index in [4.69, 9.17) is 4.52 Å². The van der Waals surface area contributed by atoms with Crippen LogP contribution in [0.3, 0.4) is 0 Å². The Bertz CT molecular complexity index is 1310. The van der Waals surface area contributed by atoms with Crippen LogP contribution in [0.25, 0.3) is 33.5 Å². The van der Waals surface area contributed by atoms with Crippen LogP contribution in [-0.4, -0.2) is 30.1 Å². The van der Waals surface area contributed by atoms with Crippen LogP contribution in [0.15, 0.2) is 45.7 Å². The van der Waals surface area contributed by atoms with Gasteiger partial charge in [-0.25, -0.2) is 9.78 Å². The molecule has 0 bridgehead atoms. The van der Waals surface area contributed by atoms with Crippen molar-refractivity contribution < 1.29 is 4.52 Å². The van der Waals surface area contributed by atoms with Crippen molar-refractivity contribution in [2.45, 2.75) is 13.3 Å². The molecule has 128 valence electrons. The second-order valence-corrected chi connectivity index (χ2v) is 6.17. The minimum absolute atomic E-state index is 0.223. The fourth-order valence-electron chi connectivity index (χ4n) is 3.14. The molecule has 0 aliphatic heterocycles. The third kappa shape index (κ3) is 2.39. The topological polar surface area (TPSA) is 116 Å². The fraction of sp³-hybridized carbons (Fsp3) is 0.111. The van der Waals surface area contributed by atoms with E-state index in [1.54, 1.807) is 0 Å². The summed E-state index contributed by atoms with van der Waals surface area (Å²) in [5.74, 6) is 1.85. The minimum Gasteiger partial charge on any atom is -0.342 e. The van der Waals surface area contributed by atoms with Crippen molar-refractivity contribution in [3.05, 3.63) is 64.2 Å². The summed E-state index contributed by atoms with van der Waals surface area (Å²) < 4.78 is 5.42. The SMILES string of the molecule is Cc1nc2c(-c3noc(Cc4ccc5[nH]c(=O)[nH]c5c4)n3)cccc2[nH]1. The van der Waals surface area contributed by atoms with E-state index >= 15 is 0 Å². The summed E-state index contributed by atoms with van der Waals surface area (Å²) in [6.45, 7) is 1.91. The predicted octanol–water partition coefficient (Wildman–Crippen LogP) is 2.68. The molecule has 0 radical (unpaired) electrons. The van der Waals surface area contributed by atoms with E-state index in [9.17, 15) is 4.79 Å². The summed E-state index contributed by atoms with van der Waals surface area (Å²) in [5, 5.41) is 4.10. The number of nitrogens with one attached hydrogen (secondary N) is 3. The normalized spacial score (nSPS) is 11.6. The predicted molar refractivity (Wildman–Crippen MR) is 95.8 cm³/mol. The average molecular weight is 346 g/mol. The zero-order valence-corrected chi connectivity index (χ0v) is 13.8. The number of H-pyrrole nitrogens is 3. The van der Waals surface area contributed by atoms with E-state index < -0.39 is 0 Å². The van der Waals surface area contributed by atoms with Gasteiger partial charge in [0.05, 0.1) is 34.1 Å². The molecule has 26 heavy (non-hydrogen) atoms. The molecule has 0 aliphatic rings. The van der Waals surface area contributed by atoms with Crippen molar-refractivity contribution in [3.63, 3.8) is 0 Å². The van der Waals surface area contributed by atoms with E-state index in [1.807, 2.05) is 43.3 Å². The zero-order chi connectivity index (χ0) is 17.7. The number of hydrogen-bond acceptors (Lipinski definition) is 5. The van der Waals surface area contributed by atoms with Gasteiger partial charge in [-0.05, 0) is 36.8 Å². The lowest BCUT2D eigenvalue weighted by Crippen LogP contribution is -1.99. The quantitative estimate of drug-likeness (QED) is 0.464. The monoisotopic (exact) mass is 346 g/mol. The summed E-state index contributed by atoms with van der Waals surface area (Å²) in [5.41, 5.74) is 4.86. The highest BCUT2D eigenvalue weighted by atomic mass is 16.5. The molecular weight excluding hydrogens is 332 g/mol. The summed E-state index contributed by atoms with van der Waals surface area (Å²) in [4.78, 5) is 29.1. The molecule has 5 rings (SSSR count). The first-order valence-electron chi connectivity index (χ1n) is 8.15. The molecule has 5 aromatic rings. The number of benzene rings is 2. The molecule has 2 aromatic carbocycles. The molecule has 8 nitrogen and oxygen atoms in total. The third-order valence-corrected chi connectivity index (χ3v) is 4.28. The number of fused-ring (bicyclic) bond motifs is 2. The van der Waals surface area contributed by atoms with Crippen molar-refractivity contribution in [2.24, 2.45) is 0 Å². The Hall–Kier alpha value is -3.68. The van der Waals surface area contributed by atoms with Gasteiger partial charge in [0.15, 0.2) is 0 Å². The minimum atomic E-state index is -0.223. The van der Waals surface area contributed by atoms with Gasteiger partial charge < -0.3 is 19.5 Å². The molecule has 0 unspecified atom stereocenters. The van der Waals surface area contributed by atoms with Crippen LogP contribution in [0.2, 0.25) is 0 Å². The Morgan fingerprint density at radius 3 is 2.81 bits per heavy atom. The van der Waals surface area contributed by atoms with Gasteiger partial charge in [-0.15, -0.1) is 0 Å². The largest absolute Gasteiger partial charge is 0.342 e. The van der Waals surface area contributed by atoms with Crippen LogP contribution in [0.1, 0.15) is 17.3 Å². The summed E-state index contributed by atoms with van der Waals surface area (Å²) in [7, 11) is 0. The van der Waals surface area contributed by atoms with Gasteiger partial charge in [-0.2, -0.15) is 4.98 Å². The first-order chi connectivity index (χ1) is 12.7. The van der Waals surface area contributed by atoms with Gasteiger partial charge in [-0.3, -0.25) is 0 Å². The van der Waals surface area contributed by atoms with Gasteiger partial charge in [0.1, 0.15) is 5.82 Å². The molecule has 0 fully saturated rings. The van der Waals surface area contributed by atoms with Gasteiger partial charge in [0, 0.05) is 0 Å². The smallest absolute Gasteiger partial charge is 0.323 e. The Morgan fingerprint density at radius 2 is 1.88 bits per heavy atom. The molecule has 0 saturated heterocycles. The number of nitrogens with zero attached hydrogens (tertiary/aromatic N) is 3. The Morgan fingerprint density at radius 1 is 1.00 bits per heavy atom. The first-order valence-corrected chi connectivity index (χ1v) is 8.15. The summed E-state index contributed by atoms with van der Waals surface area (Å²) >= 11 is 0. The van der Waals surface area contributed by atoms with E-state index in [2.05, 4.69) is 30.1 Å². The molecule has 3 aromatic heterocycles. The summed E-state index contributed by atoms with van der Waals surface area (Å²) in [6, 6.07) is 11.5. The standard InChI is InChI=1S/C18H14N6O2/c1-9-19-13-4-2-3-11(16(13)20-9)17-23-15(26-24-17)8-10-5-6-12-14(7-10)22-18(25)21-12/h2-7H,8H2,1H3,(H,19,20)(H2,21,22,25). The van der Waals surface area contributed by atoms with Gasteiger partial charge in [0.25, 0.3) is 0 Å². The second kappa shape index (κ2) is 5.41. The maximum absolute atomic E-state index is 11.4.